The maximum Gasteiger partial charge on any atom is 0.132 e. The summed E-state index contributed by atoms with van der Waals surface area (Å²) >= 11 is 0. The Kier molecular flexibility index (Phi) is 3.97. The molecule has 4 heteroatoms. The van der Waals surface area contributed by atoms with E-state index >= 15 is 0 Å². The van der Waals surface area contributed by atoms with E-state index in [1.807, 2.05) is 0 Å². The number of rotatable bonds is 5. The Bertz CT molecular complexity index is 426. The van der Waals surface area contributed by atoms with Gasteiger partial charge in [-0.15, -0.1) is 0 Å². The zero-order valence-corrected chi connectivity index (χ0v) is 11.9. The predicted molar refractivity (Wildman–Crippen MR) is 77.4 cm³/mol. The first-order valence-corrected chi connectivity index (χ1v) is 7.62. The number of hydrogen-bond donors (Lipinski definition) is 1. The Morgan fingerprint density at radius 1 is 1.21 bits per heavy atom. The summed E-state index contributed by atoms with van der Waals surface area (Å²) in [6.07, 6.45) is 7.94. The average Bonchev–Trinajstić information content (AvgIpc) is 3.06. The second-order valence-corrected chi connectivity index (χ2v) is 5.99. The second-order valence-electron chi connectivity index (χ2n) is 5.99. The lowest BCUT2D eigenvalue weighted by Gasteiger charge is -2.21. The van der Waals surface area contributed by atoms with E-state index in [-0.39, 0.29) is 0 Å². The molecule has 0 bridgehead atoms. The van der Waals surface area contributed by atoms with Crippen molar-refractivity contribution in [1.29, 1.82) is 0 Å². The van der Waals surface area contributed by atoms with Crippen molar-refractivity contribution in [3.05, 3.63) is 17.6 Å². The normalized spacial score (nSPS) is 20.5. The fourth-order valence-electron chi connectivity index (χ4n) is 3.25. The number of fused-ring (bicyclic) bond motifs is 1. The van der Waals surface area contributed by atoms with Gasteiger partial charge in [-0.2, -0.15) is 0 Å². The molecule has 1 atom stereocenters. The van der Waals surface area contributed by atoms with Crippen LogP contribution in [0.1, 0.15) is 37.4 Å². The van der Waals surface area contributed by atoms with Crippen LogP contribution in [0.25, 0.3) is 0 Å². The highest BCUT2D eigenvalue weighted by Gasteiger charge is 2.18. The van der Waals surface area contributed by atoms with Crippen LogP contribution in [0.5, 0.6) is 0 Å². The van der Waals surface area contributed by atoms with E-state index in [0.717, 1.165) is 25.2 Å². The molecule has 0 radical (unpaired) electrons. The molecule has 1 fully saturated rings. The van der Waals surface area contributed by atoms with E-state index in [2.05, 4.69) is 27.1 Å². The molecule has 1 aliphatic heterocycles. The third kappa shape index (κ3) is 3.06. The lowest BCUT2D eigenvalue weighted by Crippen LogP contribution is -2.29. The molecule has 1 aromatic rings. The lowest BCUT2D eigenvalue weighted by molar-refractivity contribution is 0.294. The van der Waals surface area contributed by atoms with Crippen LogP contribution in [0, 0.1) is 5.92 Å². The maximum absolute atomic E-state index is 4.42. The molecule has 0 saturated carbocycles. The monoisotopic (exact) mass is 260 g/mol. The summed E-state index contributed by atoms with van der Waals surface area (Å²) in [5.74, 6) is 1.75. The first-order chi connectivity index (χ1) is 9.33. The molecule has 3 rings (SSSR count). The van der Waals surface area contributed by atoms with Crippen molar-refractivity contribution >= 4 is 5.82 Å². The SMILES string of the molecule is CC(CNc1ncnc2c1CCC2)CN1CCCC1. The minimum absolute atomic E-state index is 0.671. The molecule has 4 nitrogen and oxygen atoms in total. The van der Waals surface area contributed by atoms with E-state index < -0.39 is 0 Å². The fourth-order valence-corrected chi connectivity index (χ4v) is 3.25. The summed E-state index contributed by atoms with van der Waals surface area (Å²) in [6.45, 7) is 7.12. The van der Waals surface area contributed by atoms with E-state index in [1.54, 1.807) is 6.33 Å². The number of hydrogen-bond acceptors (Lipinski definition) is 4. The zero-order valence-electron chi connectivity index (χ0n) is 11.9. The molecule has 0 spiro atoms. The molecular formula is C15H24N4. The minimum atomic E-state index is 0.671. The summed E-state index contributed by atoms with van der Waals surface area (Å²) in [6, 6.07) is 0. The number of aromatic nitrogens is 2. The highest BCUT2D eigenvalue weighted by molar-refractivity contribution is 5.47. The van der Waals surface area contributed by atoms with Crippen molar-refractivity contribution in [2.24, 2.45) is 5.92 Å². The lowest BCUT2D eigenvalue weighted by atomic mass is 10.1. The molecule has 1 saturated heterocycles. The van der Waals surface area contributed by atoms with Gasteiger partial charge in [0.25, 0.3) is 0 Å². The molecule has 2 aliphatic rings. The van der Waals surface area contributed by atoms with Crippen molar-refractivity contribution in [3.63, 3.8) is 0 Å². The van der Waals surface area contributed by atoms with Crippen molar-refractivity contribution in [1.82, 2.24) is 14.9 Å². The van der Waals surface area contributed by atoms with Crippen molar-refractivity contribution < 1.29 is 0 Å². The first-order valence-electron chi connectivity index (χ1n) is 7.62. The Balaban J connectivity index is 1.53. The predicted octanol–water partition coefficient (Wildman–Crippen LogP) is 2.11. The molecule has 0 aromatic carbocycles. The van der Waals surface area contributed by atoms with Crippen LogP contribution >= 0.6 is 0 Å². The van der Waals surface area contributed by atoms with Crippen LogP contribution in [-0.4, -0.2) is 41.0 Å². The van der Waals surface area contributed by atoms with E-state index in [0.29, 0.717) is 5.92 Å². The third-order valence-corrected chi connectivity index (χ3v) is 4.26. The number of likely N-dealkylation sites (tertiary alicyclic amines) is 1. The van der Waals surface area contributed by atoms with Gasteiger partial charge in [0.1, 0.15) is 12.1 Å². The summed E-state index contributed by atoms with van der Waals surface area (Å²) < 4.78 is 0. The fraction of sp³-hybridized carbons (Fsp3) is 0.733. The van der Waals surface area contributed by atoms with Gasteiger partial charge in [0.15, 0.2) is 0 Å². The molecule has 104 valence electrons. The summed E-state index contributed by atoms with van der Waals surface area (Å²) in [4.78, 5) is 11.4. The second kappa shape index (κ2) is 5.87. The number of nitrogens with one attached hydrogen (secondary N) is 1. The van der Waals surface area contributed by atoms with Crippen molar-refractivity contribution in [3.8, 4) is 0 Å². The standard InChI is InChI=1S/C15H24N4/c1-12(10-19-7-2-3-8-19)9-16-15-13-5-4-6-14(13)17-11-18-15/h11-12H,2-10H2,1H3,(H,16,17,18). The molecular weight excluding hydrogens is 236 g/mol. The van der Waals surface area contributed by atoms with Gasteiger partial charge in [0.05, 0.1) is 0 Å². The molecule has 19 heavy (non-hydrogen) atoms. The van der Waals surface area contributed by atoms with Gasteiger partial charge in [0, 0.05) is 24.3 Å². The summed E-state index contributed by atoms with van der Waals surface area (Å²) in [5, 5.41) is 3.54. The van der Waals surface area contributed by atoms with Gasteiger partial charge in [-0.1, -0.05) is 6.92 Å². The van der Waals surface area contributed by atoms with E-state index in [4.69, 9.17) is 0 Å². The zero-order chi connectivity index (χ0) is 13.1. The molecule has 2 heterocycles. The van der Waals surface area contributed by atoms with Crippen LogP contribution in [0.4, 0.5) is 5.82 Å². The van der Waals surface area contributed by atoms with Gasteiger partial charge < -0.3 is 10.2 Å². The van der Waals surface area contributed by atoms with Crippen LogP contribution in [0.2, 0.25) is 0 Å². The Morgan fingerprint density at radius 2 is 2.05 bits per heavy atom. The minimum Gasteiger partial charge on any atom is -0.369 e. The maximum atomic E-state index is 4.42. The molecule has 1 aliphatic carbocycles. The average molecular weight is 260 g/mol. The quantitative estimate of drug-likeness (QED) is 0.880. The Morgan fingerprint density at radius 3 is 2.89 bits per heavy atom. The van der Waals surface area contributed by atoms with Crippen molar-refractivity contribution in [2.75, 3.05) is 31.5 Å². The molecule has 1 unspecified atom stereocenters. The molecule has 1 N–H and O–H groups in total. The smallest absolute Gasteiger partial charge is 0.132 e. The van der Waals surface area contributed by atoms with E-state index in [1.165, 1.54) is 50.2 Å². The highest BCUT2D eigenvalue weighted by Crippen LogP contribution is 2.25. The largest absolute Gasteiger partial charge is 0.369 e. The van der Waals surface area contributed by atoms with Crippen LogP contribution < -0.4 is 5.32 Å². The van der Waals surface area contributed by atoms with Crippen molar-refractivity contribution in [2.45, 2.75) is 39.0 Å². The number of nitrogens with zero attached hydrogens (tertiary/aromatic N) is 3. The number of anilines is 1. The Labute approximate surface area is 115 Å². The van der Waals surface area contributed by atoms with E-state index in [9.17, 15) is 0 Å². The first kappa shape index (κ1) is 12.9. The third-order valence-electron chi connectivity index (χ3n) is 4.26. The van der Waals surface area contributed by atoms with Crippen LogP contribution in [0.15, 0.2) is 6.33 Å². The molecule has 0 amide bonds. The van der Waals surface area contributed by atoms with Crippen LogP contribution in [0.3, 0.4) is 0 Å². The topological polar surface area (TPSA) is 41.1 Å². The van der Waals surface area contributed by atoms with Gasteiger partial charge in [-0.05, 0) is 51.1 Å². The Hall–Kier alpha value is -1.16. The number of aryl methyl sites for hydroxylation is 1. The molecule has 1 aromatic heterocycles. The van der Waals surface area contributed by atoms with Gasteiger partial charge in [-0.25, -0.2) is 9.97 Å². The summed E-state index contributed by atoms with van der Waals surface area (Å²) in [7, 11) is 0. The van der Waals surface area contributed by atoms with Gasteiger partial charge in [-0.3, -0.25) is 0 Å². The van der Waals surface area contributed by atoms with Gasteiger partial charge in [0.2, 0.25) is 0 Å². The highest BCUT2D eigenvalue weighted by atomic mass is 15.1. The van der Waals surface area contributed by atoms with Gasteiger partial charge >= 0.3 is 0 Å². The summed E-state index contributed by atoms with van der Waals surface area (Å²) in [5.41, 5.74) is 2.61. The van der Waals surface area contributed by atoms with Crippen LogP contribution in [-0.2, 0) is 12.8 Å².